The van der Waals surface area contributed by atoms with E-state index >= 15 is 0 Å². The zero-order chi connectivity index (χ0) is 9.19. The fraction of sp³-hybridized carbons (Fsp3) is 1.00. The molecule has 1 aliphatic carbocycles. The Balaban J connectivity index is 2.36. The number of hydrogen-bond acceptors (Lipinski definition) is 3. The van der Waals surface area contributed by atoms with Gasteiger partial charge in [-0.3, -0.25) is 4.18 Å². The highest BCUT2D eigenvalue weighted by molar-refractivity contribution is 7.84. The minimum atomic E-state index is -3.78. The molecule has 0 atom stereocenters. The van der Waals surface area contributed by atoms with E-state index in [2.05, 4.69) is 4.18 Å². The molecule has 0 heterocycles. The number of hydrogen-bond donors (Lipinski definition) is 1. The third-order valence-corrected chi connectivity index (χ3v) is 2.85. The van der Waals surface area contributed by atoms with Gasteiger partial charge in [0.25, 0.3) is 0 Å². The van der Waals surface area contributed by atoms with Crippen molar-refractivity contribution in [3.8, 4) is 0 Å². The van der Waals surface area contributed by atoms with Crippen molar-refractivity contribution in [2.75, 3.05) is 0 Å². The highest BCUT2D eigenvalue weighted by Gasteiger charge is 2.23. The lowest BCUT2D eigenvalue weighted by molar-refractivity contribution is 0.163. The Kier molecular flexibility index (Phi) is 3.34. The lowest BCUT2D eigenvalue weighted by Gasteiger charge is -2.23. The van der Waals surface area contributed by atoms with Crippen molar-refractivity contribution < 1.29 is 12.6 Å². The van der Waals surface area contributed by atoms with E-state index in [1.807, 2.05) is 0 Å². The van der Waals surface area contributed by atoms with Gasteiger partial charge >= 0.3 is 10.3 Å². The van der Waals surface area contributed by atoms with Gasteiger partial charge in [0, 0.05) is 5.38 Å². The highest BCUT2D eigenvalue weighted by Crippen LogP contribution is 2.25. The van der Waals surface area contributed by atoms with Gasteiger partial charge in [0.15, 0.2) is 0 Å². The summed E-state index contributed by atoms with van der Waals surface area (Å²) >= 11 is 5.82. The van der Waals surface area contributed by atoms with Crippen molar-refractivity contribution in [3.63, 3.8) is 0 Å². The van der Waals surface area contributed by atoms with Crippen LogP contribution >= 0.6 is 11.6 Å². The van der Waals surface area contributed by atoms with Crippen LogP contribution in [0.1, 0.15) is 25.7 Å². The van der Waals surface area contributed by atoms with Crippen LogP contribution in [0.5, 0.6) is 0 Å². The second-order valence-corrected chi connectivity index (χ2v) is 4.76. The van der Waals surface area contributed by atoms with E-state index < -0.39 is 10.3 Å². The van der Waals surface area contributed by atoms with Crippen LogP contribution < -0.4 is 5.14 Å². The second kappa shape index (κ2) is 3.91. The normalized spacial score (nSPS) is 31.8. The summed E-state index contributed by atoms with van der Waals surface area (Å²) in [6.07, 6.45) is 2.66. The van der Waals surface area contributed by atoms with Gasteiger partial charge in [-0.25, -0.2) is 5.14 Å². The molecule has 4 nitrogen and oxygen atoms in total. The maximum Gasteiger partial charge on any atom is 0.333 e. The zero-order valence-corrected chi connectivity index (χ0v) is 8.14. The Morgan fingerprint density at radius 2 is 1.75 bits per heavy atom. The minimum Gasteiger partial charge on any atom is -0.255 e. The van der Waals surface area contributed by atoms with Crippen LogP contribution in [0.2, 0.25) is 0 Å². The van der Waals surface area contributed by atoms with E-state index in [9.17, 15) is 8.42 Å². The SMILES string of the molecule is NS(=O)(=O)OC1CCC(Cl)CC1. The summed E-state index contributed by atoms with van der Waals surface area (Å²) < 4.78 is 25.6. The third-order valence-electron chi connectivity index (χ3n) is 1.87. The van der Waals surface area contributed by atoms with Crippen molar-refractivity contribution in [2.24, 2.45) is 5.14 Å². The lowest BCUT2D eigenvalue weighted by Crippen LogP contribution is -2.28. The van der Waals surface area contributed by atoms with Crippen LogP contribution in [0.3, 0.4) is 0 Å². The van der Waals surface area contributed by atoms with Crippen molar-refractivity contribution in [1.82, 2.24) is 0 Å². The van der Waals surface area contributed by atoms with Gasteiger partial charge in [-0.15, -0.1) is 11.6 Å². The molecule has 1 saturated carbocycles. The van der Waals surface area contributed by atoms with Gasteiger partial charge < -0.3 is 0 Å². The average molecular weight is 214 g/mol. The number of halogens is 1. The van der Waals surface area contributed by atoms with Gasteiger partial charge in [0.2, 0.25) is 0 Å². The van der Waals surface area contributed by atoms with Crippen molar-refractivity contribution >= 4 is 21.9 Å². The van der Waals surface area contributed by atoms with Crippen LogP contribution in [0.25, 0.3) is 0 Å². The summed E-state index contributed by atoms with van der Waals surface area (Å²) in [5, 5.41) is 4.88. The molecule has 0 unspecified atom stereocenters. The molecule has 0 bridgehead atoms. The first kappa shape index (κ1) is 10.2. The van der Waals surface area contributed by atoms with E-state index in [1.54, 1.807) is 0 Å². The second-order valence-electron chi connectivity index (χ2n) is 2.96. The van der Waals surface area contributed by atoms with Crippen molar-refractivity contribution in [1.29, 1.82) is 0 Å². The first-order chi connectivity index (χ1) is 5.47. The molecule has 0 aromatic rings. The van der Waals surface area contributed by atoms with Crippen molar-refractivity contribution in [2.45, 2.75) is 37.2 Å². The standard InChI is InChI=1S/C6H12ClNO3S/c7-5-1-3-6(4-2-5)11-12(8,9)10/h5-6H,1-4H2,(H2,8,9,10). The van der Waals surface area contributed by atoms with Gasteiger partial charge in [-0.1, -0.05) is 0 Å². The molecule has 0 saturated heterocycles. The molecular formula is C6H12ClNO3S. The molecule has 1 fully saturated rings. The Morgan fingerprint density at radius 3 is 2.17 bits per heavy atom. The summed E-state index contributed by atoms with van der Waals surface area (Å²) in [6, 6.07) is 0. The van der Waals surface area contributed by atoms with Crippen LogP contribution in [0, 0.1) is 0 Å². The maximum absolute atomic E-state index is 10.5. The van der Waals surface area contributed by atoms with E-state index in [-0.39, 0.29) is 11.5 Å². The van der Waals surface area contributed by atoms with Crippen LogP contribution in [0.4, 0.5) is 0 Å². The first-order valence-corrected chi connectivity index (χ1v) is 5.73. The number of nitrogens with two attached hydrogens (primary N) is 1. The molecule has 72 valence electrons. The summed E-state index contributed by atoms with van der Waals surface area (Å²) in [4.78, 5) is 0. The fourth-order valence-corrected chi connectivity index (χ4v) is 2.13. The Hall–Kier alpha value is 0.160. The summed E-state index contributed by atoms with van der Waals surface area (Å²) in [7, 11) is -3.78. The summed E-state index contributed by atoms with van der Waals surface area (Å²) in [5.74, 6) is 0. The molecular weight excluding hydrogens is 202 g/mol. The van der Waals surface area contributed by atoms with Gasteiger partial charge in [-0.2, -0.15) is 8.42 Å². The largest absolute Gasteiger partial charge is 0.333 e. The Morgan fingerprint density at radius 1 is 1.25 bits per heavy atom. The molecule has 12 heavy (non-hydrogen) atoms. The molecule has 0 aliphatic heterocycles. The van der Waals surface area contributed by atoms with Gasteiger partial charge in [-0.05, 0) is 25.7 Å². The molecule has 0 aromatic heterocycles. The fourth-order valence-electron chi connectivity index (χ4n) is 1.31. The molecule has 0 radical (unpaired) electrons. The van der Waals surface area contributed by atoms with Crippen LogP contribution in [-0.2, 0) is 14.5 Å². The van der Waals surface area contributed by atoms with Crippen molar-refractivity contribution in [3.05, 3.63) is 0 Å². The summed E-state index contributed by atoms with van der Waals surface area (Å²) in [6.45, 7) is 0. The first-order valence-electron chi connectivity index (χ1n) is 3.82. The maximum atomic E-state index is 10.5. The molecule has 6 heteroatoms. The molecule has 1 rings (SSSR count). The number of alkyl halides is 1. The number of rotatable bonds is 2. The smallest absolute Gasteiger partial charge is 0.255 e. The topological polar surface area (TPSA) is 69.4 Å². The highest BCUT2D eigenvalue weighted by atomic mass is 35.5. The third kappa shape index (κ3) is 3.71. The monoisotopic (exact) mass is 213 g/mol. The Labute approximate surface area is 77.3 Å². The average Bonchev–Trinajstić information content (AvgIpc) is 1.91. The van der Waals surface area contributed by atoms with Gasteiger partial charge in [0.1, 0.15) is 0 Å². The van der Waals surface area contributed by atoms with E-state index in [0.717, 1.165) is 12.8 Å². The summed E-state index contributed by atoms with van der Waals surface area (Å²) in [5.41, 5.74) is 0. The van der Waals surface area contributed by atoms with Gasteiger partial charge in [0.05, 0.1) is 6.10 Å². The lowest BCUT2D eigenvalue weighted by atomic mass is 9.98. The molecule has 1 aliphatic rings. The molecule has 2 N–H and O–H groups in total. The molecule has 0 spiro atoms. The molecule has 0 amide bonds. The zero-order valence-electron chi connectivity index (χ0n) is 6.57. The van der Waals surface area contributed by atoms with Crippen LogP contribution in [0.15, 0.2) is 0 Å². The predicted molar refractivity (Wildman–Crippen MR) is 46.1 cm³/mol. The minimum absolute atomic E-state index is 0.158. The quantitative estimate of drug-likeness (QED) is 0.689. The van der Waals surface area contributed by atoms with E-state index in [1.165, 1.54) is 0 Å². The van der Waals surface area contributed by atoms with E-state index in [0.29, 0.717) is 12.8 Å². The molecule has 0 aromatic carbocycles. The predicted octanol–water partition coefficient (Wildman–Crippen LogP) is 0.757. The van der Waals surface area contributed by atoms with Crippen LogP contribution in [-0.4, -0.2) is 19.9 Å². The Bertz CT molecular complexity index is 233. The van der Waals surface area contributed by atoms with E-state index in [4.69, 9.17) is 16.7 Å².